The van der Waals surface area contributed by atoms with Gasteiger partial charge in [0.2, 0.25) is 0 Å². The number of benzene rings is 2. The smallest absolute Gasteiger partial charge is 0.285 e. The molecule has 0 aliphatic rings. The van der Waals surface area contributed by atoms with Gasteiger partial charge in [-0.25, -0.2) is 0 Å². The van der Waals surface area contributed by atoms with E-state index in [4.69, 9.17) is 22.1 Å². The third-order valence-corrected chi connectivity index (χ3v) is 3.26. The normalized spacial score (nSPS) is 10.7. The molecule has 1 heterocycles. The highest BCUT2D eigenvalue weighted by atomic mass is 35.5. The first-order valence-electron chi connectivity index (χ1n) is 6.28. The molecule has 0 amide bonds. The summed E-state index contributed by atoms with van der Waals surface area (Å²) in [5.41, 5.74) is 7.03. The summed E-state index contributed by atoms with van der Waals surface area (Å²) >= 11 is 5.79. The van der Waals surface area contributed by atoms with Crippen molar-refractivity contribution >= 4 is 34.1 Å². The van der Waals surface area contributed by atoms with Crippen LogP contribution in [0.25, 0.3) is 10.9 Å². The topological polar surface area (TPSA) is 70.1 Å². The molecule has 106 valence electrons. The van der Waals surface area contributed by atoms with Crippen LogP contribution in [0, 0.1) is 0 Å². The van der Waals surface area contributed by atoms with Crippen LogP contribution in [0.2, 0.25) is 5.02 Å². The fourth-order valence-electron chi connectivity index (χ4n) is 1.99. The molecule has 0 fully saturated rings. The van der Waals surface area contributed by atoms with Crippen LogP contribution < -0.4 is 10.5 Å². The molecule has 2 aromatic carbocycles. The molecule has 0 saturated heterocycles. The highest BCUT2D eigenvalue weighted by Crippen LogP contribution is 2.18. The van der Waals surface area contributed by atoms with Crippen molar-refractivity contribution in [3.05, 3.63) is 53.7 Å². The van der Waals surface area contributed by atoms with Crippen LogP contribution in [0.5, 0.6) is 5.75 Å². The Balaban J connectivity index is 1.76. The van der Waals surface area contributed by atoms with Crippen LogP contribution >= 0.6 is 11.6 Å². The number of aromatic nitrogens is 2. The highest BCUT2D eigenvalue weighted by molar-refractivity contribution is 6.30. The van der Waals surface area contributed by atoms with Crippen molar-refractivity contribution in [1.29, 1.82) is 0 Å². The molecule has 0 aliphatic carbocycles. The first-order chi connectivity index (χ1) is 10.1. The first kappa shape index (κ1) is 13.5. The fraction of sp³-hybridized carbons (Fsp3) is 0.0667. The molecule has 6 heteroatoms. The van der Waals surface area contributed by atoms with Crippen LogP contribution in [0.4, 0.5) is 5.69 Å². The quantitative estimate of drug-likeness (QED) is 0.755. The lowest BCUT2D eigenvalue weighted by molar-refractivity contribution is 0.0827. The van der Waals surface area contributed by atoms with Gasteiger partial charge in [-0.15, -0.1) is 0 Å². The minimum absolute atomic E-state index is 0.108. The lowest BCUT2D eigenvalue weighted by atomic mass is 10.2. The number of nitrogen functional groups attached to an aromatic ring is 1. The number of fused-ring (bicyclic) bond motifs is 1. The number of carbonyl (C=O) groups excluding carboxylic acids is 1. The monoisotopic (exact) mass is 301 g/mol. The SMILES string of the molecule is Nc1ccc2c(cnn2C(=O)COc2ccc(Cl)cc2)c1. The lowest BCUT2D eigenvalue weighted by Crippen LogP contribution is -2.20. The molecule has 3 rings (SSSR count). The number of ether oxygens (including phenoxy) is 1. The molecule has 0 saturated carbocycles. The molecule has 3 aromatic rings. The molecule has 0 aliphatic heterocycles. The average molecular weight is 302 g/mol. The van der Waals surface area contributed by atoms with Crippen molar-refractivity contribution in [1.82, 2.24) is 9.78 Å². The van der Waals surface area contributed by atoms with Crippen molar-refractivity contribution in [2.75, 3.05) is 12.3 Å². The molecule has 5 nitrogen and oxygen atoms in total. The van der Waals surface area contributed by atoms with E-state index >= 15 is 0 Å². The van der Waals surface area contributed by atoms with Crippen molar-refractivity contribution < 1.29 is 9.53 Å². The second-order valence-corrected chi connectivity index (χ2v) is 4.95. The van der Waals surface area contributed by atoms with Gasteiger partial charge in [-0.1, -0.05) is 11.6 Å². The molecule has 21 heavy (non-hydrogen) atoms. The van der Waals surface area contributed by atoms with Crippen molar-refractivity contribution in [3.8, 4) is 5.75 Å². The first-order valence-corrected chi connectivity index (χ1v) is 6.66. The lowest BCUT2D eigenvalue weighted by Gasteiger charge is -2.06. The second kappa shape index (κ2) is 5.46. The summed E-state index contributed by atoms with van der Waals surface area (Å²) in [7, 11) is 0. The number of hydrogen-bond acceptors (Lipinski definition) is 4. The predicted octanol–water partition coefficient (Wildman–Crippen LogP) is 2.99. The van der Waals surface area contributed by atoms with Gasteiger partial charge in [0, 0.05) is 16.1 Å². The molecule has 0 radical (unpaired) electrons. The zero-order valence-corrected chi connectivity index (χ0v) is 11.7. The standard InChI is InChI=1S/C15H12ClN3O2/c16-11-1-4-13(5-2-11)21-9-15(20)19-14-6-3-12(17)7-10(14)8-18-19/h1-8H,9,17H2. The van der Waals surface area contributed by atoms with Crippen LogP contribution in [-0.4, -0.2) is 22.3 Å². The maximum atomic E-state index is 12.2. The van der Waals surface area contributed by atoms with Gasteiger partial charge >= 0.3 is 0 Å². The number of anilines is 1. The Labute approximate surface area is 125 Å². The number of nitrogens with zero attached hydrogens (tertiary/aromatic N) is 2. The number of nitrogens with two attached hydrogens (primary N) is 1. The van der Waals surface area contributed by atoms with E-state index in [9.17, 15) is 4.79 Å². The summed E-state index contributed by atoms with van der Waals surface area (Å²) in [4.78, 5) is 12.2. The van der Waals surface area contributed by atoms with Gasteiger partial charge in [0.1, 0.15) is 5.75 Å². The highest BCUT2D eigenvalue weighted by Gasteiger charge is 2.11. The zero-order chi connectivity index (χ0) is 14.8. The van der Waals surface area contributed by atoms with E-state index in [1.165, 1.54) is 4.68 Å². The number of hydrogen-bond donors (Lipinski definition) is 1. The summed E-state index contributed by atoms with van der Waals surface area (Å²) in [6.45, 7) is -0.108. The zero-order valence-electron chi connectivity index (χ0n) is 11.0. The summed E-state index contributed by atoms with van der Waals surface area (Å²) < 4.78 is 6.74. The van der Waals surface area contributed by atoms with Gasteiger partial charge in [-0.2, -0.15) is 9.78 Å². The summed E-state index contributed by atoms with van der Waals surface area (Å²) in [5, 5.41) is 5.50. The Hall–Kier alpha value is -2.53. The van der Waals surface area contributed by atoms with Crippen molar-refractivity contribution in [2.24, 2.45) is 0 Å². The maximum Gasteiger partial charge on any atom is 0.285 e. The Morgan fingerprint density at radius 1 is 1.24 bits per heavy atom. The maximum absolute atomic E-state index is 12.2. The molecule has 0 bridgehead atoms. The molecule has 0 unspecified atom stereocenters. The van der Waals surface area contributed by atoms with E-state index in [0.29, 0.717) is 22.0 Å². The molecular weight excluding hydrogens is 290 g/mol. The van der Waals surface area contributed by atoms with Gasteiger partial charge in [0.05, 0.1) is 11.7 Å². The van der Waals surface area contributed by atoms with E-state index < -0.39 is 0 Å². The van der Waals surface area contributed by atoms with Crippen molar-refractivity contribution in [3.63, 3.8) is 0 Å². The number of carbonyl (C=O) groups is 1. The minimum Gasteiger partial charge on any atom is -0.484 e. The van der Waals surface area contributed by atoms with E-state index in [0.717, 1.165) is 5.39 Å². The van der Waals surface area contributed by atoms with Gasteiger partial charge in [0.15, 0.2) is 6.61 Å². The third kappa shape index (κ3) is 2.83. The molecular formula is C15H12ClN3O2. The number of halogens is 1. The minimum atomic E-state index is -0.260. The van der Waals surface area contributed by atoms with Gasteiger partial charge in [-0.3, -0.25) is 4.79 Å². The molecule has 0 spiro atoms. The summed E-state index contributed by atoms with van der Waals surface area (Å²) in [6.07, 6.45) is 1.60. The van der Waals surface area contributed by atoms with E-state index in [-0.39, 0.29) is 12.5 Å². The van der Waals surface area contributed by atoms with E-state index in [2.05, 4.69) is 5.10 Å². The van der Waals surface area contributed by atoms with Gasteiger partial charge < -0.3 is 10.5 Å². The van der Waals surface area contributed by atoms with Gasteiger partial charge in [-0.05, 0) is 42.5 Å². The van der Waals surface area contributed by atoms with Crippen LogP contribution in [-0.2, 0) is 0 Å². The third-order valence-electron chi connectivity index (χ3n) is 3.00. The second-order valence-electron chi connectivity index (χ2n) is 4.51. The Morgan fingerprint density at radius 3 is 2.76 bits per heavy atom. The molecule has 2 N–H and O–H groups in total. The van der Waals surface area contributed by atoms with Crippen LogP contribution in [0.3, 0.4) is 0 Å². The van der Waals surface area contributed by atoms with E-state index in [1.54, 1.807) is 48.7 Å². The largest absolute Gasteiger partial charge is 0.484 e. The summed E-state index contributed by atoms with van der Waals surface area (Å²) in [5.74, 6) is 0.318. The van der Waals surface area contributed by atoms with Crippen LogP contribution in [0.1, 0.15) is 4.79 Å². The Bertz CT molecular complexity index is 796. The summed E-state index contributed by atoms with van der Waals surface area (Å²) in [6, 6.07) is 12.1. The van der Waals surface area contributed by atoms with E-state index in [1.807, 2.05) is 0 Å². The predicted molar refractivity (Wildman–Crippen MR) is 81.7 cm³/mol. The Kier molecular flexibility index (Phi) is 3.50. The number of rotatable bonds is 3. The fourth-order valence-corrected chi connectivity index (χ4v) is 2.11. The average Bonchev–Trinajstić information content (AvgIpc) is 2.89. The molecule has 1 aromatic heterocycles. The van der Waals surface area contributed by atoms with Crippen molar-refractivity contribution in [2.45, 2.75) is 0 Å². The molecule has 0 atom stereocenters. The van der Waals surface area contributed by atoms with Gasteiger partial charge in [0.25, 0.3) is 5.91 Å². The Morgan fingerprint density at radius 2 is 2.00 bits per heavy atom. The van der Waals surface area contributed by atoms with Crippen LogP contribution in [0.15, 0.2) is 48.7 Å².